The number of benzene rings is 2. The maximum Gasteiger partial charge on any atom is 0.173 e. The molecule has 1 N–H and O–H groups in total. The number of aliphatic hydroxyl groups is 1. The van der Waals surface area contributed by atoms with Gasteiger partial charge in [0.2, 0.25) is 0 Å². The summed E-state index contributed by atoms with van der Waals surface area (Å²) in [5, 5.41) is 12.0. The molecule has 0 amide bonds. The minimum atomic E-state index is -0.145. The summed E-state index contributed by atoms with van der Waals surface area (Å²) in [4.78, 5) is 13.1. The molecule has 0 aliphatic heterocycles. The van der Waals surface area contributed by atoms with Crippen LogP contribution in [-0.2, 0) is 11.2 Å². The van der Waals surface area contributed by atoms with Crippen LogP contribution in [0.2, 0.25) is 10.0 Å². The topological polar surface area (TPSA) is 37.3 Å². The van der Waals surface area contributed by atoms with Crippen LogP contribution in [-0.4, -0.2) is 10.9 Å². The zero-order valence-corrected chi connectivity index (χ0v) is 16.5. The standard InChI is InChI=1S/C23H20Cl2O2/c1-2-13-3-8-16(18-10-9-17(24)12-20(18)25)11-19(13)21-22(26)14-4-5-15(7-6-14)23(21)27/h3-5,8-12,14-15,26H,2,6-7H2,1H3/t14-,15+/m0/s1. The molecule has 3 aliphatic carbocycles. The number of halogens is 2. The predicted octanol–water partition coefficient (Wildman–Crippen LogP) is 6.66. The summed E-state index contributed by atoms with van der Waals surface area (Å²) in [7, 11) is 0. The number of fused-ring (bicyclic) bond motifs is 2. The number of aliphatic hydroxyl groups excluding tert-OH is 1. The van der Waals surface area contributed by atoms with Crippen LogP contribution in [0.3, 0.4) is 0 Å². The van der Waals surface area contributed by atoms with Crippen molar-refractivity contribution in [1.82, 2.24) is 0 Å². The summed E-state index contributed by atoms with van der Waals surface area (Å²) < 4.78 is 0. The average Bonchev–Trinajstić information content (AvgIpc) is 2.86. The molecule has 0 saturated heterocycles. The van der Waals surface area contributed by atoms with E-state index >= 15 is 0 Å². The smallest absolute Gasteiger partial charge is 0.173 e. The first-order chi connectivity index (χ1) is 13.0. The van der Waals surface area contributed by atoms with Gasteiger partial charge in [-0.25, -0.2) is 0 Å². The Morgan fingerprint density at radius 1 is 1.00 bits per heavy atom. The van der Waals surface area contributed by atoms with Crippen molar-refractivity contribution in [3.63, 3.8) is 0 Å². The van der Waals surface area contributed by atoms with E-state index in [9.17, 15) is 9.90 Å². The highest BCUT2D eigenvalue weighted by Gasteiger charge is 2.35. The van der Waals surface area contributed by atoms with E-state index in [4.69, 9.17) is 23.2 Å². The van der Waals surface area contributed by atoms with E-state index in [-0.39, 0.29) is 23.4 Å². The van der Waals surface area contributed by atoms with Gasteiger partial charge < -0.3 is 5.11 Å². The fourth-order valence-corrected chi connectivity index (χ4v) is 4.56. The second kappa shape index (κ2) is 7.18. The highest BCUT2D eigenvalue weighted by Crippen LogP contribution is 2.41. The largest absolute Gasteiger partial charge is 0.511 e. The summed E-state index contributed by atoms with van der Waals surface area (Å²) in [5.74, 6) is -0.00771. The van der Waals surface area contributed by atoms with Crippen LogP contribution in [0.25, 0.3) is 16.7 Å². The quantitative estimate of drug-likeness (QED) is 0.586. The predicted molar refractivity (Wildman–Crippen MR) is 111 cm³/mol. The second-order valence-corrected chi connectivity index (χ2v) is 7.99. The molecule has 0 aromatic heterocycles. The van der Waals surface area contributed by atoms with Gasteiger partial charge in [-0.3, -0.25) is 4.79 Å². The van der Waals surface area contributed by atoms with Gasteiger partial charge in [-0.05, 0) is 54.2 Å². The van der Waals surface area contributed by atoms with Gasteiger partial charge in [0.05, 0.1) is 5.57 Å². The molecule has 0 heterocycles. The van der Waals surface area contributed by atoms with E-state index in [1.54, 1.807) is 12.1 Å². The Morgan fingerprint density at radius 2 is 1.74 bits per heavy atom. The maximum absolute atomic E-state index is 13.1. The first-order valence-corrected chi connectivity index (χ1v) is 9.99. The molecule has 0 fully saturated rings. The van der Waals surface area contributed by atoms with E-state index < -0.39 is 0 Å². The SMILES string of the molecule is CCc1ccc(-c2ccc(Cl)cc2Cl)cc1C1=C(O)[C@H]2C=C[C@H](CC2)C1=O. The average molecular weight is 399 g/mol. The van der Waals surface area contributed by atoms with Gasteiger partial charge in [0.25, 0.3) is 0 Å². The van der Waals surface area contributed by atoms with Crippen molar-refractivity contribution in [3.05, 3.63) is 75.5 Å². The Bertz CT molecular complexity index is 988. The number of carbonyl (C=O) groups is 1. The lowest BCUT2D eigenvalue weighted by molar-refractivity contribution is -0.116. The Kier molecular flexibility index (Phi) is 4.88. The lowest BCUT2D eigenvalue weighted by Crippen LogP contribution is -2.14. The number of allylic oxidation sites excluding steroid dienone is 3. The Labute approximate surface area is 169 Å². The third-order valence-corrected chi connectivity index (χ3v) is 6.10. The first-order valence-electron chi connectivity index (χ1n) is 9.24. The Balaban J connectivity index is 1.90. The summed E-state index contributed by atoms with van der Waals surface area (Å²) in [6.45, 7) is 2.05. The molecule has 138 valence electrons. The summed E-state index contributed by atoms with van der Waals surface area (Å²) >= 11 is 12.4. The zero-order valence-electron chi connectivity index (χ0n) is 15.0. The van der Waals surface area contributed by atoms with E-state index in [1.807, 2.05) is 36.4 Å². The monoisotopic (exact) mass is 398 g/mol. The van der Waals surface area contributed by atoms with Crippen molar-refractivity contribution in [2.24, 2.45) is 11.8 Å². The number of ketones is 1. The van der Waals surface area contributed by atoms with E-state index in [0.717, 1.165) is 41.5 Å². The molecule has 5 rings (SSSR count). The van der Waals surface area contributed by atoms with Gasteiger partial charge in [-0.15, -0.1) is 0 Å². The number of hydrogen-bond acceptors (Lipinski definition) is 2. The van der Waals surface area contributed by atoms with Gasteiger partial charge in [0.15, 0.2) is 5.78 Å². The second-order valence-electron chi connectivity index (χ2n) is 7.15. The molecule has 0 unspecified atom stereocenters. The minimum Gasteiger partial charge on any atom is -0.511 e. The van der Waals surface area contributed by atoms with Crippen molar-refractivity contribution < 1.29 is 9.90 Å². The number of carbonyl (C=O) groups excluding carboxylic acids is 1. The minimum absolute atomic E-state index is 0.0119. The van der Waals surface area contributed by atoms with Crippen LogP contribution < -0.4 is 0 Å². The molecule has 2 bridgehead atoms. The lowest BCUT2D eigenvalue weighted by atomic mass is 9.87. The molecular formula is C23H20Cl2O2. The molecule has 2 nitrogen and oxygen atoms in total. The third kappa shape index (κ3) is 3.22. The number of hydrogen-bond donors (Lipinski definition) is 1. The molecule has 3 aliphatic rings. The van der Waals surface area contributed by atoms with Gasteiger partial charge in [0, 0.05) is 27.4 Å². The van der Waals surface area contributed by atoms with Crippen LogP contribution >= 0.6 is 23.2 Å². The maximum atomic E-state index is 13.1. The Morgan fingerprint density at radius 3 is 2.41 bits per heavy atom. The number of rotatable bonds is 3. The van der Waals surface area contributed by atoms with E-state index in [2.05, 4.69) is 6.92 Å². The Hall–Kier alpha value is -2.03. The lowest BCUT2D eigenvalue weighted by Gasteiger charge is -2.16. The van der Waals surface area contributed by atoms with E-state index in [1.165, 1.54) is 0 Å². The van der Waals surface area contributed by atoms with Gasteiger partial charge in [-0.2, -0.15) is 0 Å². The van der Waals surface area contributed by atoms with Crippen molar-refractivity contribution in [2.45, 2.75) is 26.2 Å². The molecule has 2 aromatic carbocycles. The molecule has 4 heteroatoms. The van der Waals surface area contributed by atoms with Crippen LogP contribution in [0.5, 0.6) is 0 Å². The molecule has 0 saturated carbocycles. The molecule has 2 atom stereocenters. The molecular weight excluding hydrogens is 379 g/mol. The van der Waals surface area contributed by atoms with E-state index in [0.29, 0.717) is 15.6 Å². The van der Waals surface area contributed by atoms with Crippen molar-refractivity contribution in [1.29, 1.82) is 0 Å². The fraction of sp³-hybridized carbons (Fsp3) is 0.261. The zero-order chi connectivity index (χ0) is 19.1. The van der Waals surface area contributed by atoms with Crippen molar-refractivity contribution in [3.8, 4) is 11.1 Å². The number of Topliss-reactive ketones (excluding diaryl/α,β-unsaturated/α-hetero) is 1. The fourth-order valence-electron chi connectivity index (χ4n) is 4.04. The van der Waals surface area contributed by atoms with Crippen LogP contribution in [0, 0.1) is 11.8 Å². The third-order valence-electron chi connectivity index (χ3n) is 5.56. The van der Waals surface area contributed by atoms with Gasteiger partial charge in [-0.1, -0.05) is 60.5 Å². The van der Waals surface area contributed by atoms with Crippen LogP contribution in [0.4, 0.5) is 0 Å². The van der Waals surface area contributed by atoms with Gasteiger partial charge in [0.1, 0.15) is 5.76 Å². The molecule has 0 radical (unpaired) electrons. The summed E-state index contributed by atoms with van der Waals surface area (Å²) in [5.41, 5.74) is 4.08. The van der Waals surface area contributed by atoms with Crippen molar-refractivity contribution >= 4 is 34.6 Å². The normalized spacial score (nSPS) is 21.7. The number of aryl methyl sites for hydroxylation is 1. The molecule has 27 heavy (non-hydrogen) atoms. The van der Waals surface area contributed by atoms with Crippen LogP contribution in [0.1, 0.15) is 30.9 Å². The van der Waals surface area contributed by atoms with Crippen molar-refractivity contribution in [2.75, 3.05) is 0 Å². The highest BCUT2D eigenvalue weighted by atomic mass is 35.5. The van der Waals surface area contributed by atoms with Crippen LogP contribution in [0.15, 0.2) is 54.3 Å². The summed E-state index contributed by atoms with van der Waals surface area (Å²) in [6.07, 6.45) is 6.30. The highest BCUT2D eigenvalue weighted by molar-refractivity contribution is 6.36. The summed E-state index contributed by atoms with van der Waals surface area (Å²) in [6, 6.07) is 11.4. The first kappa shape index (κ1) is 18.3. The van der Waals surface area contributed by atoms with Gasteiger partial charge >= 0.3 is 0 Å². The molecule has 0 spiro atoms. The molecule has 2 aromatic rings.